The summed E-state index contributed by atoms with van der Waals surface area (Å²) in [6, 6.07) is 5.02. The third-order valence-corrected chi connectivity index (χ3v) is 4.17. The molecule has 0 radical (unpaired) electrons. The summed E-state index contributed by atoms with van der Waals surface area (Å²) in [4.78, 5) is 2.09. The highest BCUT2D eigenvalue weighted by atomic mass is 32.2. The summed E-state index contributed by atoms with van der Waals surface area (Å²) in [5.74, 6) is 0.807. The first-order chi connectivity index (χ1) is 8.08. The summed E-state index contributed by atoms with van der Waals surface area (Å²) in [6.07, 6.45) is -0.616. The van der Waals surface area contributed by atoms with E-state index in [1.165, 1.54) is 6.07 Å². The molecule has 1 aliphatic heterocycles. The number of anilines is 1. The molecule has 1 saturated heterocycles. The van der Waals surface area contributed by atoms with E-state index in [9.17, 15) is 9.50 Å². The van der Waals surface area contributed by atoms with E-state index >= 15 is 0 Å². The first kappa shape index (κ1) is 12.7. The maximum absolute atomic E-state index is 14.0. The third-order valence-electron chi connectivity index (χ3n) is 3.04. The van der Waals surface area contributed by atoms with E-state index in [0.29, 0.717) is 16.5 Å². The Morgan fingerprint density at radius 2 is 2.29 bits per heavy atom. The molecule has 1 fully saturated rings. The molecule has 1 N–H and O–H groups in total. The predicted octanol–water partition coefficient (Wildman–Crippen LogP) is 2.82. The van der Waals surface area contributed by atoms with Gasteiger partial charge in [0.2, 0.25) is 0 Å². The zero-order valence-corrected chi connectivity index (χ0v) is 11.0. The molecule has 94 valence electrons. The molecule has 0 aromatic heterocycles. The number of thioether (sulfide) groups is 1. The molecule has 1 aliphatic rings. The van der Waals surface area contributed by atoms with E-state index in [0.717, 1.165) is 18.8 Å². The first-order valence-electron chi connectivity index (χ1n) is 5.92. The van der Waals surface area contributed by atoms with Gasteiger partial charge in [0.1, 0.15) is 5.82 Å². The SMILES string of the molecule is CC1CN(c2ccc([C@H](C)O)cc2F)CCS1. The van der Waals surface area contributed by atoms with Gasteiger partial charge < -0.3 is 10.0 Å². The number of hydrogen-bond donors (Lipinski definition) is 1. The van der Waals surface area contributed by atoms with E-state index < -0.39 is 6.10 Å². The van der Waals surface area contributed by atoms with E-state index in [1.807, 2.05) is 11.8 Å². The van der Waals surface area contributed by atoms with Crippen LogP contribution in [0, 0.1) is 5.82 Å². The Balaban J connectivity index is 2.21. The first-order valence-corrected chi connectivity index (χ1v) is 6.97. The van der Waals surface area contributed by atoms with E-state index in [-0.39, 0.29) is 5.82 Å². The van der Waals surface area contributed by atoms with Crippen molar-refractivity contribution in [3.8, 4) is 0 Å². The molecule has 4 heteroatoms. The molecule has 2 atom stereocenters. The highest BCUT2D eigenvalue weighted by Crippen LogP contribution is 2.27. The Labute approximate surface area is 106 Å². The van der Waals surface area contributed by atoms with Gasteiger partial charge in [0.05, 0.1) is 11.8 Å². The van der Waals surface area contributed by atoms with Gasteiger partial charge in [-0.25, -0.2) is 4.39 Å². The Bertz CT molecular complexity index is 397. The van der Waals surface area contributed by atoms with Crippen LogP contribution in [-0.2, 0) is 0 Å². The molecule has 0 spiro atoms. The lowest BCUT2D eigenvalue weighted by molar-refractivity contribution is 0.199. The zero-order valence-electron chi connectivity index (χ0n) is 10.2. The van der Waals surface area contributed by atoms with Crippen LogP contribution < -0.4 is 4.90 Å². The minimum atomic E-state index is -0.616. The van der Waals surface area contributed by atoms with Gasteiger partial charge in [-0.1, -0.05) is 13.0 Å². The van der Waals surface area contributed by atoms with Crippen LogP contribution in [0.15, 0.2) is 18.2 Å². The van der Waals surface area contributed by atoms with Crippen LogP contribution in [0.25, 0.3) is 0 Å². The number of aliphatic hydroxyl groups excluding tert-OH is 1. The number of hydrogen-bond acceptors (Lipinski definition) is 3. The lowest BCUT2D eigenvalue weighted by Crippen LogP contribution is -2.37. The van der Waals surface area contributed by atoms with Crippen molar-refractivity contribution in [3.63, 3.8) is 0 Å². The topological polar surface area (TPSA) is 23.5 Å². The lowest BCUT2D eigenvalue weighted by atomic mass is 10.1. The van der Waals surface area contributed by atoms with Crippen LogP contribution in [0.4, 0.5) is 10.1 Å². The van der Waals surface area contributed by atoms with Crippen LogP contribution in [0.5, 0.6) is 0 Å². The largest absolute Gasteiger partial charge is 0.389 e. The fourth-order valence-electron chi connectivity index (χ4n) is 2.08. The summed E-state index contributed by atoms with van der Waals surface area (Å²) in [6.45, 7) is 5.59. The molecule has 2 rings (SSSR count). The third kappa shape index (κ3) is 2.93. The quantitative estimate of drug-likeness (QED) is 0.879. The second kappa shape index (κ2) is 5.27. The minimum Gasteiger partial charge on any atom is -0.389 e. The molecule has 1 aromatic rings. The van der Waals surface area contributed by atoms with Crippen LogP contribution in [0.3, 0.4) is 0 Å². The number of rotatable bonds is 2. The molecule has 1 unspecified atom stereocenters. The van der Waals surface area contributed by atoms with Gasteiger partial charge >= 0.3 is 0 Å². The number of nitrogens with zero attached hydrogens (tertiary/aromatic N) is 1. The maximum atomic E-state index is 14.0. The van der Waals surface area contributed by atoms with Crippen LogP contribution in [0.1, 0.15) is 25.5 Å². The summed E-state index contributed by atoms with van der Waals surface area (Å²) < 4.78 is 14.0. The Morgan fingerprint density at radius 3 is 2.88 bits per heavy atom. The highest BCUT2D eigenvalue weighted by molar-refractivity contribution is 8.00. The van der Waals surface area contributed by atoms with Crippen LogP contribution in [-0.4, -0.2) is 29.2 Å². The average molecular weight is 255 g/mol. The molecular weight excluding hydrogens is 237 g/mol. The molecule has 1 aromatic carbocycles. The fraction of sp³-hybridized carbons (Fsp3) is 0.538. The van der Waals surface area contributed by atoms with Gasteiger partial charge in [-0.2, -0.15) is 11.8 Å². The van der Waals surface area contributed by atoms with Crippen molar-refractivity contribution in [3.05, 3.63) is 29.6 Å². The van der Waals surface area contributed by atoms with E-state index in [2.05, 4.69) is 11.8 Å². The summed E-state index contributed by atoms with van der Waals surface area (Å²) in [5.41, 5.74) is 1.28. The minimum absolute atomic E-state index is 0.234. The van der Waals surface area contributed by atoms with Crippen molar-refractivity contribution in [2.45, 2.75) is 25.2 Å². The molecule has 0 bridgehead atoms. The molecule has 1 heterocycles. The number of aliphatic hydroxyl groups is 1. The predicted molar refractivity (Wildman–Crippen MR) is 71.2 cm³/mol. The molecule has 0 amide bonds. The molecule has 17 heavy (non-hydrogen) atoms. The number of halogens is 1. The molecule has 0 aliphatic carbocycles. The lowest BCUT2D eigenvalue weighted by Gasteiger charge is -2.32. The average Bonchev–Trinajstić information content (AvgIpc) is 2.28. The summed E-state index contributed by atoms with van der Waals surface area (Å²) in [7, 11) is 0. The van der Waals surface area contributed by atoms with Crippen molar-refractivity contribution in [1.82, 2.24) is 0 Å². The van der Waals surface area contributed by atoms with Crippen molar-refractivity contribution < 1.29 is 9.50 Å². The van der Waals surface area contributed by atoms with Gasteiger partial charge in [-0.15, -0.1) is 0 Å². The highest BCUT2D eigenvalue weighted by Gasteiger charge is 2.19. The van der Waals surface area contributed by atoms with Crippen molar-refractivity contribution in [2.24, 2.45) is 0 Å². The Kier molecular flexibility index (Phi) is 3.94. The van der Waals surface area contributed by atoms with Gasteiger partial charge in [-0.3, -0.25) is 0 Å². The monoisotopic (exact) mass is 255 g/mol. The van der Waals surface area contributed by atoms with Gasteiger partial charge in [0.25, 0.3) is 0 Å². The zero-order chi connectivity index (χ0) is 12.4. The second-order valence-corrected chi connectivity index (χ2v) is 6.06. The smallest absolute Gasteiger partial charge is 0.146 e. The Hall–Kier alpha value is -0.740. The van der Waals surface area contributed by atoms with E-state index in [1.54, 1.807) is 19.1 Å². The molecular formula is C13H18FNOS. The second-order valence-electron chi connectivity index (χ2n) is 4.51. The maximum Gasteiger partial charge on any atom is 0.146 e. The molecule has 0 saturated carbocycles. The van der Waals surface area contributed by atoms with Crippen molar-refractivity contribution in [2.75, 3.05) is 23.7 Å². The van der Waals surface area contributed by atoms with Crippen LogP contribution in [0.2, 0.25) is 0 Å². The standard InChI is InChI=1S/C13H18FNOS/c1-9-8-15(5-6-17-9)13-4-3-11(10(2)16)7-12(13)14/h3-4,7,9-10,16H,5-6,8H2,1-2H3/t9?,10-/m0/s1. The van der Waals surface area contributed by atoms with Gasteiger partial charge in [0, 0.05) is 24.1 Å². The van der Waals surface area contributed by atoms with Crippen molar-refractivity contribution in [1.29, 1.82) is 0 Å². The fourth-order valence-corrected chi connectivity index (χ4v) is 3.09. The van der Waals surface area contributed by atoms with Gasteiger partial charge in [0.15, 0.2) is 0 Å². The summed E-state index contributed by atoms with van der Waals surface area (Å²) >= 11 is 1.93. The number of benzene rings is 1. The summed E-state index contributed by atoms with van der Waals surface area (Å²) in [5, 5.41) is 9.95. The normalized spacial score (nSPS) is 22.6. The van der Waals surface area contributed by atoms with Crippen LogP contribution >= 0.6 is 11.8 Å². The van der Waals surface area contributed by atoms with Gasteiger partial charge in [-0.05, 0) is 24.6 Å². The van der Waals surface area contributed by atoms with Crippen molar-refractivity contribution >= 4 is 17.4 Å². The Morgan fingerprint density at radius 1 is 1.53 bits per heavy atom. The molecule has 2 nitrogen and oxygen atoms in total. The van der Waals surface area contributed by atoms with E-state index in [4.69, 9.17) is 0 Å².